The Kier molecular flexibility index (Phi) is 10.5. The monoisotopic (exact) mass is 231 g/mol. The van der Waals surface area contributed by atoms with Gasteiger partial charge in [0.1, 0.15) is 6.04 Å². The molecule has 1 unspecified atom stereocenters. The molecule has 0 aliphatic heterocycles. The molecule has 0 radical (unpaired) electrons. The minimum absolute atomic E-state index is 0.369. The van der Waals surface area contributed by atoms with Gasteiger partial charge in [-0.2, -0.15) is 0 Å². The number of ether oxygens (including phenoxy) is 2. The molecule has 0 amide bonds. The highest BCUT2D eigenvalue weighted by molar-refractivity contribution is 5.75. The van der Waals surface area contributed by atoms with Gasteiger partial charge in [-0.15, -0.1) is 0 Å². The van der Waals surface area contributed by atoms with Crippen molar-refractivity contribution >= 4 is 5.97 Å². The molecular formula is C12H25NO3. The Labute approximate surface area is 98.5 Å². The molecule has 96 valence electrons. The standard InChI is InChI=1S/C12H25NO3/c1-3-4-5-6-7-9-16-10-8-11(13)12(14)15-2/h11H,3-10,13H2,1-2H3. The van der Waals surface area contributed by atoms with Crippen LogP contribution in [-0.4, -0.2) is 32.3 Å². The number of unbranched alkanes of at least 4 members (excludes halogenated alkanes) is 4. The summed E-state index contributed by atoms with van der Waals surface area (Å²) in [5.74, 6) is -0.369. The lowest BCUT2D eigenvalue weighted by Crippen LogP contribution is -2.32. The number of rotatable bonds is 10. The molecule has 0 aliphatic rings. The van der Waals surface area contributed by atoms with Gasteiger partial charge in [0.05, 0.1) is 7.11 Å². The molecule has 16 heavy (non-hydrogen) atoms. The highest BCUT2D eigenvalue weighted by Gasteiger charge is 2.12. The van der Waals surface area contributed by atoms with Crippen LogP contribution in [0.3, 0.4) is 0 Å². The van der Waals surface area contributed by atoms with E-state index in [-0.39, 0.29) is 5.97 Å². The van der Waals surface area contributed by atoms with Crippen molar-refractivity contribution in [1.82, 2.24) is 0 Å². The zero-order valence-electron chi connectivity index (χ0n) is 10.5. The number of methoxy groups -OCH3 is 1. The molecule has 0 saturated heterocycles. The molecule has 4 heteroatoms. The van der Waals surface area contributed by atoms with E-state index < -0.39 is 6.04 Å². The Morgan fingerprint density at radius 3 is 2.50 bits per heavy atom. The molecule has 0 saturated carbocycles. The summed E-state index contributed by atoms with van der Waals surface area (Å²) in [5.41, 5.74) is 5.55. The average Bonchev–Trinajstić information content (AvgIpc) is 2.31. The number of esters is 1. The third-order valence-corrected chi connectivity index (χ3v) is 2.47. The van der Waals surface area contributed by atoms with E-state index in [1.54, 1.807) is 0 Å². The predicted octanol–water partition coefficient (Wildman–Crippen LogP) is 1.86. The highest BCUT2D eigenvalue weighted by Crippen LogP contribution is 2.02. The van der Waals surface area contributed by atoms with Crippen LogP contribution in [0.5, 0.6) is 0 Å². The molecule has 0 heterocycles. The number of nitrogens with two attached hydrogens (primary N) is 1. The van der Waals surface area contributed by atoms with Gasteiger partial charge in [-0.25, -0.2) is 0 Å². The molecule has 0 aromatic rings. The molecule has 0 fully saturated rings. The Hall–Kier alpha value is -0.610. The number of carbonyl (C=O) groups is 1. The van der Waals surface area contributed by atoms with Crippen LogP contribution in [0.2, 0.25) is 0 Å². The van der Waals surface area contributed by atoms with Gasteiger partial charge in [-0.3, -0.25) is 4.79 Å². The van der Waals surface area contributed by atoms with Crippen molar-refractivity contribution in [2.45, 2.75) is 51.5 Å². The maximum absolute atomic E-state index is 10.9. The Balaban J connectivity index is 3.17. The van der Waals surface area contributed by atoms with Crippen molar-refractivity contribution in [3.8, 4) is 0 Å². The second-order valence-corrected chi connectivity index (χ2v) is 3.94. The predicted molar refractivity (Wildman–Crippen MR) is 64.2 cm³/mol. The van der Waals surface area contributed by atoms with Crippen molar-refractivity contribution in [1.29, 1.82) is 0 Å². The van der Waals surface area contributed by atoms with Crippen molar-refractivity contribution in [3.63, 3.8) is 0 Å². The molecule has 4 nitrogen and oxygen atoms in total. The fourth-order valence-corrected chi connectivity index (χ4v) is 1.39. The maximum Gasteiger partial charge on any atom is 0.322 e. The van der Waals surface area contributed by atoms with Crippen molar-refractivity contribution in [2.75, 3.05) is 20.3 Å². The van der Waals surface area contributed by atoms with Crippen molar-refractivity contribution < 1.29 is 14.3 Å². The largest absolute Gasteiger partial charge is 0.468 e. The minimum atomic E-state index is -0.551. The van der Waals surface area contributed by atoms with E-state index in [0.29, 0.717) is 13.0 Å². The molecule has 0 aromatic carbocycles. The molecule has 0 aliphatic carbocycles. The molecule has 1 atom stereocenters. The van der Waals surface area contributed by atoms with Gasteiger partial charge >= 0.3 is 5.97 Å². The first kappa shape index (κ1) is 15.4. The van der Waals surface area contributed by atoms with E-state index in [1.165, 1.54) is 32.8 Å². The zero-order chi connectivity index (χ0) is 12.2. The van der Waals surface area contributed by atoms with Crippen LogP contribution >= 0.6 is 0 Å². The third kappa shape index (κ3) is 8.68. The van der Waals surface area contributed by atoms with Gasteiger partial charge in [-0.1, -0.05) is 32.6 Å². The number of hydrogen-bond donors (Lipinski definition) is 1. The van der Waals surface area contributed by atoms with E-state index in [1.807, 2.05) is 0 Å². The SMILES string of the molecule is CCCCCCCOCCC(N)C(=O)OC. The molecule has 0 bridgehead atoms. The molecule has 0 spiro atoms. The summed E-state index contributed by atoms with van der Waals surface area (Å²) in [7, 11) is 1.34. The quantitative estimate of drug-likeness (QED) is 0.460. The second-order valence-electron chi connectivity index (χ2n) is 3.94. The lowest BCUT2D eigenvalue weighted by Gasteiger charge is -2.09. The van der Waals surface area contributed by atoms with E-state index in [9.17, 15) is 4.79 Å². The molecule has 0 rings (SSSR count). The summed E-state index contributed by atoms with van der Waals surface area (Å²) in [5, 5.41) is 0. The smallest absolute Gasteiger partial charge is 0.322 e. The van der Waals surface area contributed by atoms with Crippen LogP contribution in [0.15, 0.2) is 0 Å². The Morgan fingerprint density at radius 1 is 1.19 bits per heavy atom. The topological polar surface area (TPSA) is 61.5 Å². The van der Waals surface area contributed by atoms with E-state index in [4.69, 9.17) is 10.5 Å². The summed E-state index contributed by atoms with van der Waals surface area (Å²) < 4.78 is 9.91. The number of hydrogen-bond acceptors (Lipinski definition) is 4. The summed E-state index contributed by atoms with van der Waals surface area (Å²) in [6.07, 6.45) is 6.68. The fraction of sp³-hybridized carbons (Fsp3) is 0.917. The lowest BCUT2D eigenvalue weighted by atomic mass is 10.2. The molecule has 0 aromatic heterocycles. The van der Waals surface area contributed by atoms with Gasteiger partial charge in [-0.05, 0) is 12.8 Å². The Morgan fingerprint density at radius 2 is 1.88 bits per heavy atom. The third-order valence-electron chi connectivity index (χ3n) is 2.47. The highest BCUT2D eigenvalue weighted by atomic mass is 16.5. The average molecular weight is 231 g/mol. The maximum atomic E-state index is 10.9. The lowest BCUT2D eigenvalue weighted by molar-refractivity contribution is -0.142. The summed E-state index contributed by atoms with van der Waals surface area (Å²) in [4.78, 5) is 10.9. The van der Waals surface area contributed by atoms with Crippen molar-refractivity contribution in [3.05, 3.63) is 0 Å². The van der Waals surface area contributed by atoms with Gasteiger partial charge in [0.15, 0.2) is 0 Å². The van der Waals surface area contributed by atoms with Gasteiger partial charge in [0.2, 0.25) is 0 Å². The zero-order valence-corrected chi connectivity index (χ0v) is 10.5. The van der Waals surface area contributed by atoms with Crippen LogP contribution in [0, 0.1) is 0 Å². The van der Waals surface area contributed by atoms with E-state index in [2.05, 4.69) is 11.7 Å². The number of carbonyl (C=O) groups excluding carboxylic acids is 1. The second kappa shape index (κ2) is 10.9. The first-order valence-electron chi connectivity index (χ1n) is 6.13. The summed E-state index contributed by atoms with van der Waals surface area (Å²) in [6.45, 7) is 3.49. The first-order chi connectivity index (χ1) is 7.72. The van der Waals surface area contributed by atoms with Crippen LogP contribution in [0.1, 0.15) is 45.4 Å². The van der Waals surface area contributed by atoms with Crippen LogP contribution in [0.25, 0.3) is 0 Å². The first-order valence-corrected chi connectivity index (χ1v) is 6.13. The van der Waals surface area contributed by atoms with Crippen LogP contribution in [0.4, 0.5) is 0 Å². The Bertz CT molecular complexity index is 174. The summed E-state index contributed by atoms with van der Waals surface area (Å²) in [6, 6.07) is -0.551. The summed E-state index contributed by atoms with van der Waals surface area (Å²) >= 11 is 0. The molecule has 2 N–H and O–H groups in total. The van der Waals surface area contributed by atoms with E-state index >= 15 is 0 Å². The van der Waals surface area contributed by atoms with Gasteiger partial charge < -0.3 is 15.2 Å². The molecular weight excluding hydrogens is 206 g/mol. The fourth-order valence-electron chi connectivity index (χ4n) is 1.39. The van der Waals surface area contributed by atoms with Crippen molar-refractivity contribution in [2.24, 2.45) is 5.73 Å². The van der Waals surface area contributed by atoms with Gasteiger partial charge in [0.25, 0.3) is 0 Å². The van der Waals surface area contributed by atoms with Gasteiger partial charge in [0, 0.05) is 13.2 Å². The van der Waals surface area contributed by atoms with E-state index in [0.717, 1.165) is 13.0 Å². The van der Waals surface area contributed by atoms with Crippen LogP contribution < -0.4 is 5.73 Å². The minimum Gasteiger partial charge on any atom is -0.468 e. The normalized spacial score (nSPS) is 12.4. The van der Waals surface area contributed by atoms with Crippen LogP contribution in [-0.2, 0) is 14.3 Å².